The van der Waals surface area contributed by atoms with Crippen LogP contribution in [-0.4, -0.2) is 61.4 Å². The summed E-state index contributed by atoms with van der Waals surface area (Å²) < 4.78 is 20.2. The highest BCUT2D eigenvalue weighted by atomic mass is 32.2. The van der Waals surface area contributed by atoms with Crippen molar-refractivity contribution in [3.05, 3.63) is 58.9 Å². The molecule has 0 N–H and O–H groups in total. The Bertz CT molecular complexity index is 1200. The van der Waals surface area contributed by atoms with Crippen LogP contribution in [0.3, 0.4) is 0 Å². The topological polar surface area (TPSA) is 103 Å². The van der Waals surface area contributed by atoms with E-state index in [1.807, 2.05) is 19.9 Å². The van der Waals surface area contributed by atoms with Crippen LogP contribution in [0.25, 0.3) is 5.69 Å². The summed E-state index contributed by atoms with van der Waals surface area (Å²) in [5.74, 6) is -1.000. The Kier molecular flexibility index (Phi) is 7.74. The van der Waals surface area contributed by atoms with Crippen LogP contribution in [0.15, 0.2) is 35.5 Å². The molecule has 0 radical (unpaired) electrons. The van der Waals surface area contributed by atoms with E-state index in [1.165, 1.54) is 28.6 Å². The van der Waals surface area contributed by atoms with Gasteiger partial charge in [0, 0.05) is 30.2 Å². The highest BCUT2D eigenvalue weighted by Crippen LogP contribution is 2.26. The van der Waals surface area contributed by atoms with E-state index in [2.05, 4.69) is 20.3 Å². The van der Waals surface area contributed by atoms with Gasteiger partial charge in [-0.05, 0) is 63.9 Å². The maximum atomic E-state index is 13.5. The Labute approximate surface area is 207 Å². The van der Waals surface area contributed by atoms with Gasteiger partial charge in [0.2, 0.25) is 0 Å². The number of likely N-dealkylation sites (tertiary alicyclic amines) is 1. The predicted molar refractivity (Wildman–Crippen MR) is 128 cm³/mol. The van der Waals surface area contributed by atoms with Gasteiger partial charge in [0.05, 0.1) is 23.9 Å². The van der Waals surface area contributed by atoms with E-state index in [9.17, 15) is 14.0 Å². The maximum absolute atomic E-state index is 13.5. The third-order valence-electron chi connectivity index (χ3n) is 5.67. The van der Waals surface area contributed by atoms with E-state index >= 15 is 0 Å². The number of ether oxygens (including phenoxy) is 1. The summed E-state index contributed by atoms with van der Waals surface area (Å²) in [7, 11) is 0. The zero-order valence-electron chi connectivity index (χ0n) is 19.9. The Balaban J connectivity index is 1.63. The number of esters is 1. The van der Waals surface area contributed by atoms with E-state index in [4.69, 9.17) is 4.74 Å². The molecule has 11 heteroatoms. The second kappa shape index (κ2) is 10.9. The van der Waals surface area contributed by atoms with Gasteiger partial charge in [0.1, 0.15) is 5.82 Å². The standard InChI is InChI=1S/C24H27FN6O3S/c1-4-34-23(33)17-6-5-11-30(13-17)22(32)21-20(14-35-24-26-15(2)12-16(3)27-24)31(29-28-21)19-9-7-18(25)8-10-19/h7-10,12,17H,4-6,11,13-14H2,1-3H3. The van der Waals surface area contributed by atoms with Crippen LogP contribution in [0.5, 0.6) is 0 Å². The Morgan fingerprint density at radius 1 is 1.17 bits per heavy atom. The average molecular weight is 499 g/mol. The third kappa shape index (κ3) is 5.84. The fourth-order valence-corrected chi connectivity index (χ4v) is 4.98. The quantitative estimate of drug-likeness (QED) is 0.277. The smallest absolute Gasteiger partial charge is 0.310 e. The largest absolute Gasteiger partial charge is 0.466 e. The van der Waals surface area contributed by atoms with Crippen LogP contribution in [0.4, 0.5) is 4.39 Å². The normalized spacial score (nSPS) is 15.8. The van der Waals surface area contributed by atoms with Crippen molar-refractivity contribution in [1.29, 1.82) is 0 Å². The van der Waals surface area contributed by atoms with Crippen molar-refractivity contribution < 1.29 is 18.7 Å². The Morgan fingerprint density at radius 2 is 1.89 bits per heavy atom. The molecule has 184 valence electrons. The van der Waals surface area contributed by atoms with Crippen LogP contribution in [0.2, 0.25) is 0 Å². The molecule has 3 aromatic rings. The molecule has 1 amide bonds. The molecule has 1 aromatic carbocycles. The molecule has 0 spiro atoms. The molecule has 2 aromatic heterocycles. The minimum Gasteiger partial charge on any atom is -0.466 e. The number of benzene rings is 1. The van der Waals surface area contributed by atoms with Gasteiger partial charge in [-0.3, -0.25) is 9.59 Å². The molecule has 1 aliphatic rings. The van der Waals surface area contributed by atoms with Gasteiger partial charge in [-0.25, -0.2) is 19.0 Å². The van der Waals surface area contributed by atoms with Crippen LogP contribution in [0.1, 0.15) is 47.3 Å². The molecule has 1 fully saturated rings. The molecule has 0 saturated carbocycles. The van der Waals surface area contributed by atoms with E-state index in [0.717, 1.165) is 11.4 Å². The van der Waals surface area contributed by atoms with Gasteiger partial charge in [0.15, 0.2) is 10.9 Å². The summed E-state index contributed by atoms with van der Waals surface area (Å²) in [4.78, 5) is 36.3. The molecule has 3 heterocycles. The molecule has 9 nitrogen and oxygen atoms in total. The molecule has 35 heavy (non-hydrogen) atoms. The van der Waals surface area contributed by atoms with Crippen LogP contribution in [0, 0.1) is 25.6 Å². The molecule has 1 aliphatic heterocycles. The second-order valence-corrected chi connectivity index (χ2v) is 9.28. The number of piperidine rings is 1. The number of aryl methyl sites for hydroxylation is 2. The molecule has 1 saturated heterocycles. The van der Waals surface area contributed by atoms with Crippen molar-refractivity contribution in [3.8, 4) is 5.69 Å². The van der Waals surface area contributed by atoms with Crippen molar-refractivity contribution in [2.24, 2.45) is 5.92 Å². The van der Waals surface area contributed by atoms with Crippen molar-refractivity contribution in [2.75, 3.05) is 19.7 Å². The first-order chi connectivity index (χ1) is 16.9. The number of nitrogens with zero attached hydrogens (tertiary/aromatic N) is 6. The van der Waals surface area contributed by atoms with Crippen LogP contribution < -0.4 is 0 Å². The minimum atomic E-state index is -0.372. The van der Waals surface area contributed by atoms with Gasteiger partial charge in [-0.2, -0.15) is 0 Å². The van der Waals surface area contributed by atoms with E-state index < -0.39 is 0 Å². The van der Waals surface area contributed by atoms with Gasteiger partial charge in [-0.15, -0.1) is 5.10 Å². The number of amides is 1. The lowest BCUT2D eigenvalue weighted by molar-refractivity contribution is -0.149. The SMILES string of the molecule is CCOC(=O)C1CCCN(C(=O)c2nnn(-c3ccc(F)cc3)c2CSc2nc(C)cc(C)n2)C1. The number of thioether (sulfide) groups is 1. The number of aromatic nitrogens is 5. The van der Waals surface area contributed by atoms with E-state index in [1.54, 1.807) is 24.0 Å². The summed E-state index contributed by atoms with van der Waals surface area (Å²) in [6, 6.07) is 7.71. The van der Waals surface area contributed by atoms with Gasteiger partial charge < -0.3 is 9.64 Å². The summed E-state index contributed by atoms with van der Waals surface area (Å²) >= 11 is 1.37. The Morgan fingerprint density at radius 3 is 2.57 bits per heavy atom. The molecule has 1 atom stereocenters. The first kappa shape index (κ1) is 24.8. The first-order valence-electron chi connectivity index (χ1n) is 11.5. The Hall–Kier alpha value is -3.34. The lowest BCUT2D eigenvalue weighted by Crippen LogP contribution is -2.43. The number of hydrogen-bond acceptors (Lipinski definition) is 8. The monoisotopic (exact) mass is 498 g/mol. The van der Waals surface area contributed by atoms with Crippen LogP contribution in [-0.2, 0) is 15.3 Å². The molecular weight excluding hydrogens is 471 g/mol. The lowest BCUT2D eigenvalue weighted by Gasteiger charge is -2.31. The molecule has 0 aliphatic carbocycles. The fourth-order valence-electron chi connectivity index (χ4n) is 4.04. The number of halogens is 1. The summed E-state index contributed by atoms with van der Waals surface area (Å²) in [6.45, 7) is 6.65. The van der Waals surface area contributed by atoms with Crippen molar-refractivity contribution in [3.63, 3.8) is 0 Å². The number of carbonyl (C=O) groups is 2. The van der Waals surface area contributed by atoms with Crippen molar-refractivity contribution in [2.45, 2.75) is 44.5 Å². The average Bonchev–Trinajstić information content (AvgIpc) is 3.26. The lowest BCUT2D eigenvalue weighted by atomic mass is 9.98. The van der Waals surface area contributed by atoms with Crippen molar-refractivity contribution in [1.82, 2.24) is 29.9 Å². The van der Waals surface area contributed by atoms with Gasteiger partial charge in [-0.1, -0.05) is 17.0 Å². The number of carbonyl (C=O) groups excluding carboxylic acids is 2. The summed E-state index contributed by atoms with van der Waals surface area (Å²) in [6.07, 6.45) is 1.37. The predicted octanol–water partition coefficient (Wildman–Crippen LogP) is 3.52. The fraction of sp³-hybridized carbons (Fsp3) is 0.417. The van der Waals surface area contributed by atoms with E-state index in [0.29, 0.717) is 48.3 Å². The number of rotatable bonds is 7. The molecule has 0 bridgehead atoms. The van der Waals surface area contributed by atoms with E-state index in [-0.39, 0.29) is 35.9 Å². The summed E-state index contributed by atoms with van der Waals surface area (Å²) in [5.41, 5.74) is 3.01. The van der Waals surface area contributed by atoms with Crippen LogP contribution >= 0.6 is 11.8 Å². The van der Waals surface area contributed by atoms with Gasteiger partial charge in [0.25, 0.3) is 5.91 Å². The highest BCUT2D eigenvalue weighted by molar-refractivity contribution is 7.98. The molecule has 1 unspecified atom stereocenters. The first-order valence-corrected chi connectivity index (χ1v) is 12.5. The van der Waals surface area contributed by atoms with Crippen molar-refractivity contribution >= 4 is 23.6 Å². The third-order valence-corrected chi connectivity index (χ3v) is 6.52. The highest BCUT2D eigenvalue weighted by Gasteiger charge is 2.32. The molecular formula is C24H27FN6O3S. The second-order valence-electron chi connectivity index (χ2n) is 8.34. The maximum Gasteiger partial charge on any atom is 0.310 e. The van der Waals surface area contributed by atoms with Gasteiger partial charge >= 0.3 is 5.97 Å². The summed E-state index contributed by atoms with van der Waals surface area (Å²) in [5, 5.41) is 8.99. The number of hydrogen-bond donors (Lipinski definition) is 0. The minimum absolute atomic E-state index is 0.190. The zero-order valence-corrected chi connectivity index (χ0v) is 20.7. The zero-order chi connectivity index (χ0) is 24.9. The molecule has 4 rings (SSSR count).